The van der Waals surface area contributed by atoms with E-state index in [4.69, 9.17) is 17.2 Å². The second-order valence-electron chi connectivity index (χ2n) is 5.14. The van der Waals surface area contributed by atoms with Crippen LogP contribution in [0.2, 0.25) is 0 Å². The van der Waals surface area contributed by atoms with Crippen LogP contribution in [0.15, 0.2) is 49.5 Å². The van der Waals surface area contributed by atoms with E-state index in [1.54, 1.807) is 36.0 Å². The molecule has 0 unspecified atom stereocenters. The summed E-state index contributed by atoms with van der Waals surface area (Å²) in [7, 11) is -4.00. The van der Waals surface area contributed by atoms with Gasteiger partial charge in [0.25, 0.3) is 0 Å². The van der Waals surface area contributed by atoms with Crippen molar-refractivity contribution in [2.45, 2.75) is 12.2 Å². The van der Waals surface area contributed by atoms with Crippen LogP contribution in [0, 0.1) is 0 Å². The SMILES string of the molecule is NC(N)=Nc1nc(CSCC/C(N)=N/S(=O)(=O)N=Cc2ccccc2)cs1. The van der Waals surface area contributed by atoms with Crippen molar-refractivity contribution >= 4 is 56.4 Å². The monoisotopic (exact) mass is 425 g/mol. The molecule has 0 amide bonds. The number of nitrogens with zero attached hydrogens (tertiary/aromatic N) is 4. The third kappa shape index (κ3) is 8.19. The van der Waals surface area contributed by atoms with Crippen LogP contribution >= 0.6 is 23.1 Å². The molecule has 6 N–H and O–H groups in total. The van der Waals surface area contributed by atoms with Crippen LogP contribution < -0.4 is 17.2 Å². The number of benzene rings is 1. The van der Waals surface area contributed by atoms with Crippen molar-refractivity contribution in [1.82, 2.24) is 4.98 Å². The van der Waals surface area contributed by atoms with Gasteiger partial charge in [0.15, 0.2) is 5.96 Å². The molecule has 0 aliphatic carbocycles. The molecule has 0 atom stereocenters. The number of amidine groups is 1. The Morgan fingerprint density at radius 1 is 1.22 bits per heavy atom. The van der Waals surface area contributed by atoms with Gasteiger partial charge in [0.05, 0.1) is 5.69 Å². The molecule has 1 heterocycles. The van der Waals surface area contributed by atoms with Gasteiger partial charge in [-0.1, -0.05) is 30.3 Å². The van der Waals surface area contributed by atoms with E-state index in [-0.39, 0.29) is 11.8 Å². The van der Waals surface area contributed by atoms with Crippen LogP contribution in [-0.4, -0.2) is 37.2 Å². The summed E-state index contributed by atoms with van der Waals surface area (Å²) in [5, 5.41) is 2.35. The van der Waals surface area contributed by atoms with Crippen molar-refractivity contribution in [2.75, 3.05) is 5.75 Å². The maximum Gasteiger partial charge on any atom is 0.364 e. The number of aliphatic imine (C=N–C) groups is 1. The lowest BCUT2D eigenvalue weighted by molar-refractivity contribution is 0.600. The average molecular weight is 426 g/mol. The fourth-order valence-corrected chi connectivity index (χ4v) is 4.12. The Morgan fingerprint density at radius 3 is 2.67 bits per heavy atom. The summed E-state index contributed by atoms with van der Waals surface area (Å²) in [4.78, 5) is 8.12. The van der Waals surface area contributed by atoms with Gasteiger partial charge < -0.3 is 17.2 Å². The fourth-order valence-electron chi connectivity index (χ4n) is 1.76. The van der Waals surface area contributed by atoms with E-state index in [2.05, 4.69) is 18.8 Å². The molecule has 12 heteroatoms. The summed E-state index contributed by atoms with van der Waals surface area (Å²) in [6.07, 6.45) is 1.55. The van der Waals surface area contributed by atoms with Crippen LogP contribution in [0.5, 0.6) is 0 Å². The smallest absolute Gasteiger partial charge is 0.364 e. The molecule has 2 aromatic rings. The highest BCUT2D eigenvalue weighted by atomic mass is 32.2. The maximum atomic E-state index is 11.8. The summed E-state index contributed by atoms with van der Waals surface area (Å²) in [5.41, 5.74) is 17.8. The van der Waals surface area contributed by atoms with E-state index in [1.807, 2.05) is 11.4 Å². The number of rotatable bonds is 9. The Kier molecular flexibility index (Phi) is 7.76. The zero-order valence-electron chi connectivity index (χ0n) is 14.2. The predicted octanol–water partition coefficient (Wildman–Crippen LogP) is 1.39. The lowest BCUT2D eigenvalue weighted by Gasteiger charge is -2.00. The number of hydrogen-bond donors (Lipinski definition) is 3. The summed E-state index contributed by atoms with van der Waals surface area (Å²) in [5.74, 6) is 1.18. The number of aromatic nitrogens is 1. The molecule has 1 aromatic carbocycles. The number of nitrogens with two attached hydrogens (primary N) is 3. The second kappa shape index (κ2) is 10.0. The van der Waals surface area contributed by atoms with Gasteiger partial charge in [-0.25, -0.2) is 4.98 Å². The van der Waals surface area contributed by atoms with E-state index in [1.165, 1.54) is 17.6 Å². The zero-order chi connectivity index (χ0) is 19.7. The Hall–Kier alpha value is -2.44. The molecule has 2 rings (SSSR count). The van der Waals surface area contributed by atoms with Gasteiger partial charge in [0.2, 0.25) is 5.13 Å². The van der Waals surface area contributed by atoms with Gasteiger partial charge in [-0.05, 0) is 5.56 Å². The van der Waals surface area contributed by atoms with Gasteiger partial charge in [-0.2, -0.15) is 29.6 Å². The maximum absolute atomic E-state index is 11.8. The van der Waals surface area contributed by atoms with Gasteiger partial charge >= 0.3 is 10.2 Å². The van der Waals surface area contributed by atoms with Gasteiger partial charge in [-0.15, -0.1) is 15.7 Å². The molecule has 0 saturated carbocycles. The van der Waals surface area contributed by atoms with Crippen molar-refractivity contribution in [3.63, 3.8) is 0 Å². The normalized spacial score (nSPS) is 12.4. The molecule has 0 saturated heterocycles. The summed E-state index contributed by atoms with van der Waals surface area (Å²) >= 11 is 2.88. The number of hydrogen-bond acceptors (Lipinski definition) is 6. The molecule has 0 spiro atoms. The van der Waals surface area contributed by atoms with Crippen LogP contribution in [0.25, 0.3) is 0 Å². The number of guanidine groups is 1. The first-order valence-electron chi connectivity index (χ1n) is 7.65. The highest BCUT2D eigenvalue weighted by Gasteiger charge is 2.07. The Bertz CT molecular complexity index is 933. The Morgan fingerprint density at radius 2 is 1.96 bits per heavy atom. The minimum atomic E-state index is -4.00. The number of thioether (sulfide) groups is 1. The lowest BCUT2D eigenvalue weighted by Crippen LogP contribution is -2.21. The molecule has 9 nitrogen and oxygen atoms in total. The third-order valence-electron chi connectivity index (χ3n) is 2.88. The van der Waals surface area contributed by atoms with Gasteiger partial charge in [-0.3, -0.25) is 0 Å². The first-order valence-corrected chi connectivity index (χ1v) is 11.1. The zero-order valence-corrected chi connectivity index (χ0v) is 16.7. The fraction of sp³-hybridized carbons (Fsp3) is 0.200. The predicted molar refractivity (Wildman–Crippen MR) is 113 cm³/mol. The Balaban J connectivity index is 1.80. The topological polar surface area (TPSA) is 162 Å². The summed E-state index contributed by atoms with van der Waals surface area (Å²) < 4.78 is 30.7. The molecule has 0 aliphatic rings. The quantitative estimate of drug-likeness (QED) is 0.310. The van der Waals surface area contributed by atoms with E-state index < -0.39 is 10.2 Å². The van der Waals surface area contributed by atoms with Gasteiger partial charge in [0, 0.05) is 29.5 Å². The second-order valence-corrected chi connectivity index (χ2v) is 8.37. The van der Waals surface area contributed by atoms with E-state index in [0.29, 0.717) is 28.6 Å². The molecular formula is C15H19N7O2S3. The van der Waals surface area contributed by atoms with Crippen molar-refractivity contribution < 1.29 is 8.42 Å². The minimum Gasteiger partial charge on any atom is -0.386 e. The molecule has 1 aromatic heterocycles. The molecule has 27 heavy (non-hydrogen) atoms. The van der Waals surface area contributed by atoms with E-state index >= 15 is 0 Å². The highest BCUT2D eigenvalue weighted by Crippen LogP contribution is 2.22. The number of thiazole rings is 1. The largest absolute Gasteiger partial charge is 0.386 e. The summed E-state index contributed by atoms with van der Waals surface area (Å²) in [6.45, 7) is 0. The van der Waals surface area contributed by atoms with Crippen molar-refractivity contribution in [3.8, 4) is 0 Å². The van der Waals surface area contributed by atoms with Crippen LogP contribution in [0.1, 0.15) is 17.7 Å². The van der Waals surface area contributed by atoms with Crippen LogP contribution in [-0.2, 0) is 16.0 Å². The Labute approximate surface area is 165 Å². The van der Waals surface area contributed by atoms with Crippen molar-refractivity contribution in [2.24, 2.45) is 31.0 Å². The lowest BCUT2D eigenvalue weighted by atomic mass is 10.2. The van der Waals surface area contributed by atoms with E-state index in [9.17, 15) is 8.42 Å². The molecule has 0 radical (unpaired) electrons. The van der Waals surface area contributed by atoms with Crippen molar-refractivity contribution in [1.29, 1.82) is 0 Å². The van der Waals surface area contributed by atoms with Crippen LogP contribution in [0.3, 0.4) is 0 Å². The van der Waals surface area contributed by atoms with Gasteiger partial charge in [0.1, 0.15) is 5.84 Å². The summed E-state index contributed by atoms with van der Waals surface area (Å²) in [6, 6.07) is 8.86. The molecule has 144 valence electrons. The highest BCUT2D eigenvalue weighted by molar-refractivity contribution is 7.98. The van der Waals surface area contributed by atoms with Crippen LogP contribution in [0.4, 0.5) is 5.13 Å². The van der Waals surface area contributed by atoms with Crippen molar-refractivity contribution in [3.05, 3.63) is 47.0 Å². The van der Waals surface area contributed by atoms with E-state index in [0.717, 1.165) is 5.69 Å². The molecular weight excluding hydrogens is 406 g/mol. The first kappa shape index (κ1) is 20.9. The molecule has 0 fully saturated rings. The average Bonchev–Trinajstić information content (AvgIpc) is 3.04. The first-order chi connectivity index (χ1) is 12.8. The molecule has 0 aliphatic heterocycles. The standard InChI is InChI=1S/C15H19N7O2S3/c16-13(22-27(23,24)19-8-11-4-2-1-3-5-11)6-7-25-9-12-10-26-15(20-12)21-14(17)18/h1-5,8,10H,6-7,9H2,(H2,16,22)(H4,17,18,20,21). The minimum absolute atomic E-state index is 0.00665. The third-order valence-corrected chi connectivity index (χ3v) is 5.50. The molecule has 0 bridgehead atoms.